The van der Waals surface area contributed by atoms with Crippen molar-refractivity contribution in [2.75, 3.05) is 6.61 Å². The molecular formula is C31H31N3O3S. The minimum Gasteiger partial charge on any atom is -0.462 e. The third-order valence-electron chi connectivity index (χ3n) is 5.67. The number of rotatable bonds is 11. The zero-order chi connectivity index (χ0) is 27.5. The van der Waals surface area contributed by atoms with Crippen LogP contribution in [0, 0.1) is 5.41 Å². The molecule has 1 amide bonds. The van der Waals surface area contributed by atoms with Crippen LogP contribution in [-0.4, -0.2) is 29.2 Å². The molecule has 0 bridgehead atoms. The molecule has 6 nitrogen and oxygen atoms in total. The molecule has 0 aliphatic carbocycles. The topological polar surface area (TPSA) is 92.1 Å². The van der Waals surface area contributed by atoms with Crippen molar-refractivity contribution in [3.63, 3.8) is 0 Å². The first-order valence-electron chi connectivity index (χ1n) is 12.2. The van der Waals surface area contributed by atoms with Crippen LogP contribution in [0.15, 0.2) is 113 Å². The summed E-state index contributed by atoms with van der Waals surface area (Å²) in [6.07, 6.45) is 5.04. The molecule has 2 aromatic carbocycles. The Morgan fingerprint density at radius 2 is 1.71 bits per heavy atom. The number of carbonyl (C=O) groups excluding carboxylic acids is 2. The number of nitrogens with zero attached hydrogens (tertiary/aromatic N) is 1. The molecular weight excluding hydrogens is 494 g/mol. The van der Waals surface area contributed by atoms with Crippen LogP contribution >= 0.6 is 11.8 Å². The predicted molar refractivity (Wildman–Crippen MR) is 153 cm³/mol. The summed E-state index contributed by atoms with van der Waals surface area (Å²) in [5, 5.41) is 11.7. The lowest BCUT2D eigenvalue weighted by molar-refractivity contribution is -0.117. The summed E-state index contributed by atoms with van der Waals surface area (Å²) < 4.78 is 5.04. The van der Waals surface area contributed by atoms with Gasteiger partial charge in [-0.1, -0.05) is 60.8 Å². The van der Waals surface area contributed by atoms with Crippen LogP contribution in [-0.2, 0) is 16.1 Å². The summed E-state index contributed by atoms with van der Waals surface area (Å²) in [7, 11) is 0. The second-order valence-electron chi connectivity index (χ2n) is 8.32. The molecule has 0 fully saturated rings. The average molecular weight is 526 g/mol. The van der Waals surface area contributed by atoms with E-state index in [1.165, 1.54) is 11.8 Å². The summed E-state index contributed by atoms with van der Waals surface area (Å²) in [6.45, 7) is 10.1. The standard InChI is InChI=1S/C31H31N3O3S/c1-5-23(30(35)34-20-26-11-9-10-18-33-26)19-21(3)22(4)38-28-13-8-7-12-27(28)29(32)24-14-16-25(17-15-24)31(36)37-6-2/h5,7-19,32H,1,6,20H2,2-4H3,(H,34,35)/b22-21+,23-19+,32-29?. The number of allylic oxidation sites excluding steroid dienone is 3. The molecule has 0 aliphatic heterocycles. The van der Waals surface area contributed by atoms with Crippen molar-refractivity contribution in [3.8, 4) is 0 Å². The summed E-state index contributed by atoms with van der Waals surface area (Å²) >= 11 is 1.53. The van der Waals surface area contributed by atoms with Crippen molar-refractivity contribution in [2.45, 2.75) is 32.2 Å². The fourth-order valence-corrected chi connectivity index (χ4v) is 4.45. The van der Waals surface area contributed by atoms with Gasteiger partial charge in [0.25, 0.3) is 5.91 Å². The molecule has 0 saturated heterocycles. The molecule has 194 valence electrons. The molecule has 0 saturated carbocycles. The summed E-state index contributed by atoms with van der Waals surface area (Å²) in [5.74, 6) is -0.605. The molecule has 0 spiro atoms. The van der Waals surface area contributed by atoms with Crippen molar-refractivity contribution in [1.82, 2.24) is 10.3 Å². The highest BCUT2D eigenvalue weighted by molar-refractivity contribution is 8.03. The smallest absolute Gasteiger partial charge is 0.338 e. The highest BCUT2D eigenvalue weighted by atomic mass is 32.2. The number of aromatic nitrogens is 1. The van der Waals surface area contributed by atoms with E-state index in [1.807, 2.05) is 62.4 Å². The Labute approximate surface area is 228 Å². The molecule has 38 heavy (non-hydrogen) atoms. The molecule has 1 aromatic heterocycles. The van der Waals surface area contributed by atoms with E-state index in [0.29, 0.717) is 35.6 Å². The lowest BCUT2D eigenvalue weighted by Gasteiger charge is -2.13. The van der Waals surface area contributed by atoms with Gasteiger partial charge < -0.3 is 10.1 Å². The van der Waals surface area contributed by atoms with Crippen molar-refractivity contribution in [1.29, 1.82) is 5.41 Å². The maximum atomic E-state index is 12.7. The monoisotopic (exact) mass is 525 g/mol. The minimum atomic E-state index is -0.380. The number of hydrogen-bond acceptors (Lipinski definition) is 6. The predicted octanol–water partition coefficient (Wildman–Crippen LogP) is 6.49. The summed E-state index contributed by atoms with van der Waals surface area (Å²) in [6, 6.07) is 20.1. The molecule has 3 aromatic rings. The third-order valence-corrected chi connectivity index (χ3v) is 6.87. The van der Waals surface area contributed by atoms with E-state index in [4.69, 9.17) is 10.1 Å². The number of pyridine rings is 1. The van der Waals surface area contributed by atoms with E-state index in [9.17, 15) is 9.59 Å². The Morgan fingerprint density at radius 1 is 1.03 bits per heavy atom. The van der Waals surface area contributed by atoms with Gasteiger partial charge in [-0.2, -0.15) is 0 Å². The quantitative estimate of drug-likeness (QED) is 0.0982. The van der Waals surface area contributed by atoms with E-state index in [2.05, 4.69) is 16.9 Å². The maximum absolute atomic E-state index is 12.7. The van der Waals surface area contributed by atoms with Gasteiger partial charge in [0.1, 0.15) is 0 Å². The lowest BCUT2D eigenvalue weighted by Crippen LogP contribution is -2.24. The minimum absolute atomic E-state index is 0.226. The molecule has 1 heterocycles. The number of benzene rings is 2. The van der Waals surface area contributed by atoms with Crippen LogP contribution in [0.5, 0.6) is 0 Å². The number of hydrogen-bond donors (Lipinski definition) is 2. The van der Waals surface area contributed by atoms with Crippen LogP contribution in [0.2, 0.25) is 0 Å². The van der Waals surface area contributed by atoms with Crippen molar-refractivity contribution < 1.29 is 14.3 Å². The van der Waals surface area contributed by atoms with Crippen LogP contribution < -0.4 is 5.32 Å². The SMILES string of the molecule is C=C/C(=C\C(C)=C(/C)Sc1ccccc1C(=N)c1ccc(C(=O)OCC)cc1)C(=O)NCc1ccccn1. The number of esters is 1. The first-order chi connectivity index (χ1) is 18.3. The molecule has 0 aliphatic rings. The van der Waals surface area contributed by atoms with Crippen molar-refractivity contribution >= 4 is 29.4 Å². The largest absolute Gasteiger partial charge is 0.462 e. The maximum Gasteiger partial charge on any atom is 0.338 e. The fraction of sp³-hybridized carbons (Fsp3) is 0.161. The van der Waals surface area contributed by atoms with Gasteiger partial charge in [0.15, 0.2) is 0 Å². The van der Waals surface area contributed by atoms with Gasteiger partial charge in [0.2, 0.25) is 0 Å². The Hall–Kier alpha value is -4.23. The van der Waals surface area contributed by atoms with E-state index >= 15 is 0 Å². The van der Waals surface area contributed by atoms with E-state index in [-0.39, 0.29) is 11.9 Å². The van der Waals surface area contributed by atoms with E-state index in [0.717, 1.165) is 26.6 Å². The third kappa shape index (κ3) is 7.63. The van der Waals surface area contributed by atoms with Crippen LogP contribution in [0.4, 0.5) is 0 Å². The van der Waals surface area contributed by atoms with E-state index < -0.39 is 0 Å². The zero-order valence-corrected chi connectivity index (χ0v) is 22.6. The van der Waals surface area contributed by atoms with Gasteiger partial charge in [0.05, 0.1) is 30.1 Å². The van der Waals surface area contributed by atoms with Crippen LogP contribution in [0.3, 0.4) is 0 Å². The number of carbonyl (C=O) groups is 2. The van der Waals surface area contributed by atoms with Gasteiger partial charge in [-0.3, -0.25) is 15.2 Å². The normalized spacial score (nSPS) is 11.8. The second kappa shape index (κ2) is 13.9. The van der Waals surface area contributed by atoms with Gasteiger partial charge in [0, 0.05) is 27.8 Å². The molecule has 7 heteroatoms. The number of amides is 1. The highest BCUT2D eigenvalue weighted by Gasteiger charge is 2.14. The average Bonchev–Trinajstić information content (AvgIpc) is 2.95. The van der Waals surface area contributed by atoms with E-state index in [1.54, 1.807) is 43.5 Å². The van der Waals surface area contributed by atoms with Gasteiger partial charge in [-0.05, 0) is 67.7 Å². The summed E-state index contributed by atoms with van der Waals surface area (Å²) in [5.41, 5.74) is 4.42. The number of nitrogens with one attached hydrogen (secondary N) is 2. The van der Waals surface area contributed by atoms with Crippen LogP contribution in [0.25, 0.3) is 0 Å². The number of thioether (sulfide) groups is 1. The molecule has 2 N–H and O–H groups in total. The first-order valence-corrected chi connectivity index (χ1v) is 13.0. The van der Waals surface area contributed by atoms with Gasteiger partial charge >= 0.3 is 5.97 Å². The molecule has 0 unspecified atom stereocenters. The Morgan fingerprint density at radius 3 is 2.37 bits per heavy atom. The summed E-state index contributed by atoms with van der Waals surface area (Å²) in [4.78, 5) is 30.8. The second-order valence-corrected chi connectivity index (χ2v) is 9.57. The molecule has 3 rings (SSSR count). The Kier molecular flexibility index (Phi) is 10.4. The first kappa shape index (κ1) is 28.3. The molecule has 0 atom stereocenters. The van der Waals surface area contributed by atoms with Crippen LogP contribution in [0.1, 0.15) is 48.0 Å². The van der Waals surface area contributed by atoms with Crippen molar-refractivity contribution in [3.05, 3.63) is 130 Å². The lowest BCUT2D eigenvalue weighted by atomic mass is 10.0. The highest BCUT2D eigenvalue weighted by Crippen LogP contribution is 2.33. The van der Waals surface area contributed by atoms with Gasteiger partial charge in [-0.15, -0.1) is 0 Å². The number of ether oxygens (including phenoxy) is 1. The zero-order valence-electron chi connectivity index (χ0n) is 21.8. The Bertz CT molecular complexity index is 1380. The Balaban J connectivity index is 1.76. The van der Waals surface area contributed by atoms with Gasteiger partial charge in [-0.25, -0.2) is 4.79 Å². The molecule has 0 radical (unpaired) electrons. The van der Waals surface area contributed by atoms with Crippen molar-refractivity contribution in [2.24, 2.45) is 0 Å². The fourth-order valence-electron chi connectivity index (χ4n) is 3.48.